The maximum atomic E-state index is 6.79. The molecule has 0 atom stereocenters. The second-order valence-electron chi connectivity index (χ2n) is 13.0. The summed E-state index contributed by atoms with van der Waals surface area (Å²) in [6.07, 6.45) is 0. The van der Waals surface area contributed by atoms with Gasteiger partial charge in [-0.25, -0.2) is 0 Å². The van der Waals surface area contributed by atoms with Gasteiger partial charge in [0.25, 0.3) is 0 Å². The molecule has 0 radical (unpaired) electrons. The molecule has 0 saturated carbocycles. The lowest BCUT2D eigenvalue weighted by Crippen LogP contribution is -2.11. The second kappa shape index (κ2) is 11.9. The number of nitrogens with zero attached hydrogens (tertiary/aromatic N) is 2. The Hall–Kier alpha value is -6.84. The van der Waals surface area contributed by atoms with E-state index in [9.17, 15) is 0 Å². The average Bonchev–Trinajstić information content (AvgIpc) is 3.75. The summed E-state index contributed by atoms with van der Waals surface area (Å²) in [5.41, 5.74) is 12.9. The predicted molar refractivity (Wildman–Crippen MR) is 214 cm³/mol. The van der Waals surface area contributed by atoms with Crippen LogP contribution in [0.1, 0.15) is 0 Å². The molecule has 0 spiro atoms. The summed E-state index contributed by atoms with van der Waals surface area (Å²) in [6.45, 7) is 0. The normalized spacial score (nSPS) is 11.5. The number of benzene rings is 8. The fraction of sp³-hybridized carbons (Fsp3) is 0. The van der Waals surface area contributed by atoms with Crippen LogP contribution in [0, 0.1) is 0 Å². The van der Waals surface area contributed by atoms with Crippen molar-refractivity contribution in [2.45, 2.75) is 0 Å². The molecule has 0 bridgehead atoms. The molecule has 3 nitrogen and oxygen atoms in total. The van der Waals surface area contributed by atoms with Crippen LogP contribution in [-0.2, 0) is 0 Å². The van der Waals surface area contributed by atoms with E-state index in [-0.39, 0.29) is 0 Å². The molecule has 10 rings (SSSR count). The molecular weight excluding hydrogens is 621 g/mol. The molecule has 2 heterocycles. The van der Waals surface area contributed by atoms with Crippen molar-refractivity contribution in [1.82, 2.24) is 4.57 Å². The second-order valence-corrected chi connectivity index (χ2v) is 13.0. The lowest BCUT2D eigenvalue weighted by molar-refractivity contribution is 0.669. The van der Waals surface area contributed by atoms with Crippen LogP contribution in [-0.4, -0.2) is 4.57 Å². The molecule has 51 heavy (non-hydrogen) atoms. The van der Waals surface area contributed by atoms with Crippen molar-refractivity contribution in [3.63, 3.8) is 0 Å². The minimum Gasteiger partial charge on any atom is -0.454 e. The zero-order valence-electron chi connectivity index (χ0n) is 27.8. The van der Waals surface area contributed by atoms with Crippen LogP contribution >= 0.6 is 0 Å². The Morgan fingerprint density at radius 2 is 0.824 bits per heavy atom. The van der Waals surface area contributed by atoms with Gasteiger partial charge < -0.3 is 13.9 Å². The Bertz CT molecular complexity index is 2690. The van der Waals surface area contributed by atoms with E-state index in [4.69, 9.17) is 4.42 Å². The van der Waals surface area contributed by atoms with Gasteiger partial charge in [0.1, 0.15) is 5.58 Å². The fourth-order valence-electron chi connectivity index (χ4n) is 7.58. The molecule has 2 aromatic heterocycles. The van der Waals surface area contributed by atoms with Crippen LogP contribution in [0.5, 0.6) is 0 Å². The standard InChI is InChI=1S/C48H32N2O/c1-3-13-33(14-4-1)35-23-27-37(28-24-35)49(38-29-25-36(26-30-38)34-15-5-2-6-16-34)46-32-39(31-43-42-19-9-12-22-47(42)51-48(43)46)50-44-20-10-7-17-40(44)41-18-8-11-21-45(41)50/h1-32H. The van der Waals surface area contributed by atoms with Crippen molar-refractivity contribution in [2.24, 2.45) is 0 Å². The van der Waals surface area contributed by atoms with Gasteiger partial charge in [-0.3, -0.25) is 0 Å². The third kappa shape index (κ3) is 4.90. The van der Waals surface area contributed by atoms with Gasteiger partial charge in [-0.2, -0.15) is 0 Å². The first-order valence-corrected chi connectivity index (χ1v) is 17.4. The van der Waals surface area contributed by atoms with E-state index in [1.807, 2.05) is 6.07 Å². The number of hydrogen-bond acceptors (Lipinski definition) is 2. The molecule has 0 fully saturated rings. The van der Waals surface area contributed by atoms with Gasteiger partial charge in [0, 0.05) is 38.6 Å². The van der Waals surface area contributed by atoms with Gasteiger partial charge >= 0.3 is 0 Å². The molecule has 0 saturated heterocycles. The summed E-state index contributed by atoms with van der Waals surface area (Å²) in [7, 11) is 0. The summed E-state index contributed by atoms with van der Waals surface area (Å²) in [5.74, 6) is 0. The molecule has 0 aliphatic rings. The topological polar surface area (TPSA) is 21.3 Å². The molecule has 240 valence electrons. The van der Waals surface area contributed by atoms with Crippen LogP contribution in [0.3, 0.4) is 0 Å². The predicted octanol–water partition coefficient (Wildman–Crippen LogP) is 13.5. The number of rotatable bonds is 6. The summed E-state index contributed by atoms with van der Waals surface area (Å²) < 4.78 is 9.18. The van der Waals surface area contributed by atoms with Crippen molar-refractivity contribution >= 4 is 60.8 Å². The lowest BCUT2D eigenvalue weighted by atomic mass is 10.0. The van der Waals surface area contributed by atoms with Crippen molar-refractivity contribution in [3.05, 3.63) is 194 Å². The first-order chi connectivity index (χ1) is 25.3. The number of para-hydroxylation sites is 3. The van der Waals surface area contributed by atoms with E-state index in [0.717, 1.165) is 44.7 Å². The fourth-order valence-corrected chi connectivity index (χ4v) is 7.58. The Morgan fingerprint density at radius 3 is 1.37 bits per heavy atom. The molecule has 0 unspecified atom stereocenters. The molecular formula is C48H32N2O. The summed E-state index contributed by atoms with van der Waals surface area (Å²) >= 11 is 0. The molecule has 3 heteroatoms. The maximum absolute atomic E-state index is 6.79. The molecule has 10 aromatic rings. The Balaban J connectivity index is 1.25. The van der Waals surface area contributed by atoms with E-state index < -0.39 is 0 Å². The number of aromatic nitrogens is 1. The molecule has 0 aliphatic heterocycles. The average molecular weight is 653 g/mol. The Morgan fingerprint density at radius 1 is 0.373 bits per heavy atom. The van der Waals surface area contributed by atoms with Gasteiger partial charge in [-0.05, 0) is 76.9 Å². The number of furan rings is 1. The third-order valence-corrected chi connectivity index (χ3v) is 9.99. The van der Waals surface area contributed by atoms with Gasteiger partial charge in [0.05, 0.1) is 16.7 Å². The summed E-state index contributed by atoms with van der Waals surface area (Å²) in [6, 6.07) is 69.1. The highest BCUT2D eigenvalue weighted by atomic mass is 16.3. The highest BCUT2D eigenvalue weighted by Gasteiger charge is 2.23. The maximum Gasteiger partial charge on any atom is 0.159 e. The molecule has 0 aliphatic carbocycles. The van der Waals surface area contributed by atoms with Crippen LogP contribution in [0.15, 0.2) is 199 Å². The first-order valence-electron chi connectivity index (χ1n) is 17.4. The lowest BCUT2D eigenvalue weighted by Gasteiger charge is -2.27. The van der Waals surface area contributed by atoms with E-state index in [1.165, 1.54) is 44.1 Å². The molecule has 0 amide bonds. The monoisotopic (exact) mass is 652 g/mol. The van der Waals surface area contributed by atoms with E-state index in [2.05, 4.69) is 198 Å². The van der Waals surface area contributed by atoms with Crippen LogP contribution < -0.4 is 4.90 Å². The zero-order valence-corrected chi connectivity index (χ0v) is 27.8. The largest absolute Gasteiger partial charge is 0.454 e. The zero-order chi connectivity index (χ0) is 33.7. The van der Waals surface area contributed by atoms with Crippen LogP contribution in [0.2, 0.25) is 0 Å². The van der Waals surface area contributed by atoms with Crippen LogP contribution in [0.4, 0.5) is 17.1 Å². The number of fused-ring (bicyclic) bond motifs is 6. The van der Waals surface area contributed by atoms with Gasteiger partial charge in [-0.1, -0.05) is 140 Å². The SMILES string of the molecule is c1ccc(-c2ccc(N(c3ccc(-c4ccccc4)cc3)c3cc(-n4c5ccccc5c5ccccc54)cc4c3oc3ccccc34)cc2)cc1. The van der Waals surface area contributed by atoms with Crippen molar-refractivity contribution in [3.8, 4) is 27.9 Å². The Kier molecular flexibility index (Phi) is 6.81. The number of anilines is 3. The molecule has 8 aromatic carbocycles. The highest BCUT2D eigenvalue weighted by Crippen LogP contribution is 2.45. The molecule has 0 N–H and O–H groups in total. The van der Waals surface area contributed by atoms with Crippen LogP contribution in [0.25, 0.3) is 71.7 Å². The first kappa shape index (κ1) is 29.1. The quantitative estimate of drug-likeness (QED) is 0.178. The van der Waals surface area contributed by atoms with Crippen molar-refractivity contribution in [2.75, 3.05) is 4.90 Å². The summed E-state index contributed by atoms with van der Waals surface area (Å²) in [4.78, 5) is 2.34. The third-order valence-electron chi connectivity index (χ3n) is 9.99. The highest BCUT2D eigenvalue weighted by molar-refractivity contribution is 6.13. The van der Waals surface area contributed by atoms with Crippen molar-refractivity contribution in [1.29, 1.82) is 0 Å². The van der Waals surface area contributed by atoms with Crippen molar-refractivity contribution < 1.29 is 4.42 Å². The van der Waals surface area contributed by atoms with Gasteiger partial charge in [0.15, 0.2) is 5.58 Å². The van der Waals surface area contributed by atoms with E-state index in [0.29, 0.717) is 0 Å². The van der Waals surface area contributed by atoms with E-state index in [1.54, 1.807) is 0 Å². The van der Waals surface area contributed by atoms with Gasteiger partial charge in [0.2, 0.25) is 0 Å². The Labute approximate surface area is 295 Å². The summed E-state index contributed by atoms with van der Waals surface area (Å²) in [5, 5.41) is 4.63. The minimum atomic E-state index is 0.847. The van der Waals surface area contributed by atoms with E-state index >= 15 is 0 Å². The minimum absolute atomic E-state index is 0.847. The number of hydrogen-bond donors (Lipinski definition) is 0. The smallest absolute Gasteiger partial charge is 0.159 e. The van der Waals surface area contributed by atoms with Gasteiger partial charge in [-0.15, -0.1) is 0 Å².